The molecule has 0 radical (unpaired) electrons. The van der Waals surface area contributed by atoms with E-state index in [0.717, 1.165) is 10.5 Å². The van der Waals surface area contributed by atoms with Gasteiger partial charge in [0.2, 0.25) is 5.91 Å². The Morgan fingerprint density at radius 3 is 2.85 bits per heavy atom. The van der Waals surface area contributed by atoms with Crippen molar-refractivity contribution >= 4 is 18.3 Å². The first-order valence-corrected chi connectivity index (χ1v) is 6.21. The van der Waals surface area contributed by atoms with Gasteiger partial charge in [-0.05, 0) is 5.56 Å². The van der Waals surface area contributed by atoms with Gasteiger partial charge in [-0.3, -0.25) is 9.48 Å². The normalized spacial score (nSPS) is 21.9. The Bertz CT molecular complexity index is 454. The summed E-state index contributed by atoms with van der Waals surface area (Å²) in [6.45, 7) is 0.672. The summed E-state index contributed by atoms with van der Waals surface area (Å²) in [6, 6.07) is 0. The molecule has 0 aliphatic carbocycles. The zero-order chi connectivity index (χ0) is 14.0. The number of alkyl halides is 2. The summed E-state index contributed by atoms with van der Waals surface area (Å²) >= 11 is 0. The highest BCUT2D eigenvalue weighted by molar-refractivity contribution is 5.85. The largest absolute Gasteiger partial charge is 0.340 e. The third-order valence-corrected chi connectivity index (χ3v) is 3.47. The molecule has 2 rings (SSSR count). The van der Waals surface area contributed by atoms with Crippen molar-refractivity contribution in [2.24, 2.45) is 13.0 Å². The minimum atomic E-state index is -2.50. The molecular weight excluding hydrogens is 290 g/mol. The van der Waals surface area contributed by atoms with Crippen LogP contribution in [-0.2, 0) is 11.8 Å². The number of nitrogens with zero attached hydrogens (tertiary/aromatic N) is 3. The Hall–Kier alpha value is -1.21. The average molecular weight is 309 g/mol. The molecule has 0 bridgehead atoms. The summed E-state index contributed by atoms with van der Waals surface area (Å²) in [5.74, 6) is -0.534. The summed E-state index contributed by atoms with van der Waals surface area (Å²) in [6.07, 6.45) is 1.09. The summed E-state index contributed by atoms with van der Waals surface area (Å²) in [4.78, 5) is 13.3. The predicted molar refractivity (Wildman–Crippen MR) is 73.2 cm³/mol. The second kappa shape index (κ2) is 6.99. The highest BCUT2D eigenvalue weighted by Crippen LogP contribution is 2.29. The van der Waals surface area contributed by atoms with Crippen LogP contribution in [0.1, 0.15) is 11.5 Å². The molecule has 1 aromatic rings. The topological polar surface area (TPSA) is 50.2 Å². The van der Waals surface area contributed by atoms with Crippen molar-refractivity contribution in [3.8, 4) is 0 Å². The van der Waals surface area contributed by atoms with Crippen LogP contribution < -0.4 is 5.32 Å². The lowest BCUT2D eigenvalue weighted by Crippen LogP contribution is -2.38. The third-order valence-electron chi connectivity index (χ3n) is 3.47. The van der Waals surface area contributed by atoms with E-state index in [0.29, 0.717) is 13.1 Å². The molecule has 1 aliphatic heterocycles. The molecule has 1 amide bonds. The molecule has 2 atom stereocenters. The van der Waals surface area contributed by atoms with Crippen LogP contribution in [-0.4, -0.2) is 53.7 Å². The molecule has 8 heteroatoms. The van der Waals surface area contributed by atoms with Crippen LogP contribution in [0.4, 0.5) is 8.78 Å². The van der Waals surface area contributed by atoms with Crippen molar-refractivity contribution in [1.29, 1.82) is 0 Å². The Morgan fingerprint density at radius 2 is 2.30 bits per heavy atom. The van der Waals surface area contributed by atoms with Crippen molar-refractivity contribution in [3.63, 3.8) is 0 Å². The number of halogens is 3. The highest BCUT2D eigenvalue weighted by atomic mass is 35.5. The third kappa shape index (κ3) is 3.67. The molecule has 0 spiro atoms. The molecule has 1 N–H and O–H groups in total. The van der Waals surface area contributed by atoms with E-state index >= 15 is 0 Å². The van der Waals surface area contributed by atoms with E-state index in [1.54, 1.807) is 10.9 Å². The number of carbonyl (C=O) groups is 1. The standard InChI is InChI=1S/C12H18F2N4O.ClH/c1-17(7-11(13)14)12(19)10-5-15-4-9(10)8-3-16-18(2)6-8;/h3,6,9-11,15H,4-5,7H2,1-2H3;1H/t9-,10+;/m1./s1. The van der Waals surface area contributed by atoms with E-state index in [9.17, 15) is 13.6 Å². The second-order valence-corrected chi connectivity index (χ2v) is 4.93. The molecule has 114 valence electrons. The molecule has 20 heavy (non-hydrogen) atoms. The smallest absolute Gasteiger partial charge is 0.255 e. The highest BCUT2D eigenvalue weighted by Gasteiger charge is 2.36. The molecule has 0 aromatic carbocycles. The van der Waals surface area contributed by atoms with Crippen molar-refractivity contribution in [3.05, 3.63) is 18.0 Å². The molecule has 0 saturated carbocycles. The molecule has 1 saturated heterocycles. The molecule has 1 aliphatic rings. The zero-order valence-corrected chi connectivity index (χ0v) is 12.2. The molecule has 2 heterocycles. The zero-order valence-electron chi connectivity index (χ0n) is 11.4. The number of carbonyl (C=O) groups excluding carboxylic acids is 1. The summed E-state index contributed by atoms with van der Waals surface area (Å²) in [5, 5.41) is 7.24. The van der Waals surface area contributed by atoms with Gasteiger partial charge in [-0.1, -0.05) is 0 Å². The van der Waals surface area contributed by atoms with E-state index in [1.165, 1.54) is 7.05 Å². The van der Waals surface area contributed by atoms with Crippen LogP contribution in [0, 0.1) is 5.92 Å². The van der Waals surface area contributed by atoms with Gasteiger partial charge >= 0.3 is 0 Å². The van der Waals surface area contributed by atoms with Crippen molar-refractivity contribution in [1.82, 2.24) is 20.0 Å². The number of amides is 1. The van der Waals surface area contributed by atoms with Crippen molar-refractivity contribution in [2.45, 2.75) is 12.3 Å². The SMILES string of the molecule is CN(CC(F)F)C(=O)[C@H]1CNC[C@@H]1c1cnn(C)c1.Cl. The monoisotopic (exact) mass is 308 g/mol. The van der Waals surface area contributed by atoms with Crippen LogP contribution in [0.15, 0.2) is 12.4 Å². The first-order chi connectivity index (χ1) is 8.99. The van der Waals surface area contributed by atoms with E-state index in [2.05, 4.69) is 10.4 Å². The number of rotatable bonds is 4. The van der Waals surface area contributed by atoms with Gasteiger partial charge in [-0.15, -0.1) is 12.4 Å². The Balaban J connectivity index is 0.00000200. The van der Waals surface area contributed by atoms with Crippen LogP contribution in [0.3, 0.4) is 0 Å². The van der Waals surface area contributed by atoms with Gasteiger partial charge in [0.15, 0.2) is 0 Å². The van der Waals surface area contributed by atoms with Crippen LogP contribution in [0.25, 0.3) is 0 Å². The lowest BCUT2D eigenvalue weighted by Gasteiger charge is -2.23. The summed E-state index contributed by atoms with van der Waals surface area (Å²) in [7, 11) is 3.23. The molecule has 1 aromatic heterocycles. The Morgan fingerprint density at radius 1 is 1.60 bits per heavy atom. The number of nitrogens with one attached hydrogen (secondary N) is 1. The van der Waals surface area contributed by atoms with Crippen LogP contribution in [0.5, 0.6) is 0 Å². The van der Waals surface area contributed by atoms with Gasteiger partial charge in [0.25, 0.3) is 6.43 Å². The summed E-state index contributed by atoms with van der Waals surface area (Å²) in [5.41, 5.74) is 0.969. The van der Waals surface area contributed by atoms with Gasteiger partial charge in [0, 0.05) is 39.3 Å². The maximum absolute atomic E-state index is 12.3. The van der Waals surface area contributed by atoms with E-state index < -0.39 is 13.0 Å². The quantitative estimate of drug-likeness (QED) is 0.898. The maximum atomic E-state index is 12.3. The molecule has 1 fully saturated rings. The fraction of sp³-hybridized carbons (Fsp3) is 0.667. The molecular formula is C12H19ClF2N4O. The number of aryl methyl sites for hydroxylation is 1. The van der Waals surface area contributed by atoms with Crippen molar-refractivity contribution < 1.29 is 13.6 Å². The Labute approximate surface area is 122 Å². The van der Waals surface area contributed by atoms with Gasteiger partial charge in [0.05, 0.1) is 18.7 Å². The number of aromatic nitrogens is 2. The summed E-state index contributed by atoms with van der Waals surface area (Å²) < 4.78 is 26.3. The first kappa shape index (κ1) is 16.8. The van der Waals surface area contributed by atoms with Crippen LogP contribution >= 0.6 is 12.4 Å². The molecule has 5 nitrogen and oxygen atoms in total. The average Bonchev–Trinajstić information content (AvgIpc) is 2.94. The lowest BCUT2D eigenvalue weighted by molar-refractivity contribution is -0.135. The number of hydrogen-bond acceptors (Lipinski definition) is 3. The van der Waals surface area contributed by atoms with Gasteiger partial charge in [0.1, 0.15) is 0 Å². The fourth-order valence-corrected chi connectivity index (χ4v) is 2.50. The first-order valence-electron chi connectivity index (χ1n) is 6.21. The predicted octanol–water partition coefficient (Wildman–Crippen LogP) is 0.868. The minimum absolute atomic E-state index is 0. The van der Waals surface area contributed by atoms with E-state index in [-0.39, 0.29) is 30.2 Å². The van der Waals surface area contributed by atoms with Gasteiger partial charge in [-0.25, -0.2) is 8.78 Å². The minimum Gasteiger partial charge on any atom is -0.340 e. The number of hydrogen-bond donors (Lipinski definition) is 1. The van der Waals surface area contributed by atoms with Crippen LogP contribution in [0.2, 0.25) is 0 Å². The maximum Gasteiger partial charge on any atom is 0.255 e. The van der Waals surface area contributed by atoms with Crippen molar-refractivity contribution in [2.75, 3.05) is 26.7 Å². The second-order valence-electron chi connectivity index (χ2n) is 4.93. The van der Waals surface area contributed by atoms with E-state index in [1.807, 2.05) is 13.2 Å². The van der Waals surface area contributed by atoms with E-state index in [4.69, 9.17) is 0 Å². The lowest BCUT2D eigenvalue weighted by atomic mass is 9.90. The Kier molecular flexibility index (Phi) is 5.88. The molecule has 0 unspecified atom stereocenters. The van der Waals surface area contributed by atoms with Gasteiger partial charge < -0.3 is 10.2 Å². The van der Waals surface area contributed by atoms with Gasteiger partial charge in [-0.2, -0.15) is 5.10 Å². The fourth-order valence-electron chi connectivity index (χ4n) is 2.50.